The van der Waals surface area contributed by atoms with E-state index in [1.807, 2.05) is 0 Å². The first-order valence-electron chi connectivity index (χ1n) is 6.31. The van der Waals surface area contributed by atoms with Crippen LogP contribution in [-0.4, -0.2) is 50.2 Å². The lowest BCUT2D eigenvalue weighted by Crippen LogP contribution is -2.67. The van der Waals surface area contributed by atoms with E-state index < -0.39 is 0 Å². The van der Waals surface area contributed by atoms with Gasteiger partial charge in [0.15, 0.2) is 0 Å². The quantitative estimate of drug-likeness (QED) is 0.244. The molecule has 0 aliphatic heterocycles. The Bertz CT molecular complexity index is 138. The minimum Gasteiger partial charge on any atom is -0.395 e. The van der Waals surface area contributed by atoms with Gasteiger partial charge in [0.1, 0.15) is 5.79 Å². The number of nitrogens with one attached hydrogen (secondary N) is 4. The lowest BCUT2D eigenvalue weighted by atomic mass is 10.2. The van der Waals surface area contributed by atoms with Crippen molar-refractivity contribution in [1.82, 2.24) is 21.3 Å². The van der Waals surface area contributed by atoms with Crippen molar-refractivity contribution in [2.75, 3.05) is 39.3 Å². The lowest BCUT2D eigenvalue weighted by molar-refractivity contribution is 0.189. The Morgan fingerprint density at radius 1 is 0.875 bits per heavy atom. The first-order valence-corrected chi connectivity index (χ1v) is 6.31. The molecule has 0 aromatic rings. The van der Waals surface area contributed by atoms with Gasteiger partial charge in [-0.05, 0) is 26.2 Å². The average Bonchev–Trinajstić information content (AvgIpc) is 2.26. The van der Waals surface area contributed by atoms with Gasteiger partial charge in [0.05, 0.1) is 6.61 Å². The highest BCUT2D eigenvalue weighted by Gasteiger charge is 2.25. The highest BCUT2D eigenvalue weighted by atomic mass is 16.3. The lowest BCUT2D eigenvalue weighted by Gasteiger charge is -2.36. The van der Waals surface area contributed by atoms with E-state index in [-0.39, 0.29) is 12.4 Å². The van der Waals surface area contributed by atoms with Crippen LogP contribution in [0.3, 0.4) is 0 Å². The van der Waals surface area contributed by atoms with Crippen LogP contribution in [-0.2, 0) is 0 Å². The van der Waals surface area contributed by atoms with Gasteiger partial charge in [-0.25, -0.2) is 0 Å². The van der Waals surface area contributed by atoms with Gasteiger partial charge < -0.3 is 10.4 Å². The molecule has 0 saturated heterocycles. The summed E-state index contributed by atoms with van der Waals surface area (Å²) in [6.07, 6.45) is 0.933. The van der Waals surface area contributed by atoms with Crippen molar-refractivity contribution in [2.24, 2.45) is 0 Å². The molecular formula is C11H28N4O. The molecule has 0 unspecified atom stereocenters. The Hall–Kier alpha value is -0.200. The second kappa shape index (κ2) is 9.99. The summed E-state index contributed by atoms with van der Waals surface area (Å²) in [7, 11) is 0. The monoisotopic (exact) mass is 232 g/mol. The molecule has 5 N–H and O–H groups in total. The maximum absolute atomic E-state index is 8.70. The van der Waals surface area contributed by atoms with E-state index in [1.165, 1.54) is 0 Å². The van der Waals surface area contributed by atoms with Crippen LogP contribution >= 0.6 is 0 Å². The Kier molecular flexibility index (Phi) is 9.86. The minimum atomic E-state index is -0.194. The van der Waals surface area contributed by atoms with E-state index in [0.717, 1.165) is 32.6 Å². The third-order valence-electron chi connectivity index (χ3n) is 2.40. The molecule has 0 aliphatic carbocycles. The van der Waals surface area contributed by atoms with Gasteiger partial charge in [0, 0.05) is 13.0 Å². The van der Waals surface area contributed by atoms with Gasteiger partial charge in [-0.1, -0.05) is 20.8 Å². The molecule has 0 fully saturated rings. The third-order valence-corrected chi connectivity index (χ3v) is 2.40. The third kappa shape index (κ3) is 6.40. The van der Waals surface area contributed by atoms with Crippen LogP contribution in [0.25, 0.3) is 0 Å². The molecule has 0 spiro atoms. The zero-order valence-electron chi connectivity index (χ0n) is 10.9. The largest absolute Gasteiger partial charge is 0.395 e. The summed E-state index contributed by atoms with van der Waals surface area (Å²) in [4.78, 5) is 0. The summed E-state index contributed by atoms with van der Waals surface area (Å²) >= 11 is 0. The Morgan fingerprint density at radius 2 is 1.38 bits per heavy atom. The van der Waals surface area contributed by atoms with Crippen LogP contribution in [0.2, 0.25) is 0 Å². The van der Waals surface area contributed by atoms with E-state index in [0.29, 0.717) is 6.54 Å². The van der Waals surface area contributed by atoms with Crippen LogP contribution in [0, 0.1) is 0 Å². The van der Waals surface area contributed by atoms with Gasteiger partial charge in [-0.3, -0.25) is 16.0 Å². The van der Waals surface area contributed by atoms with Crippen molar-refractivity contribution < 1.29 is 5.11 Å². The van der Waals surface area contributed by atoms with Gasteiger partial charge in [0.2, 0.25) is 0 Å². The number of aliphatic hydroxyl groups excluding tert-OH is 1. The summed E-state index contributed by atoms with van der Waals surface area (Å²) in [5.74, 6) is -0.194. The van der Waals surface area contributed by atoms with Gasteiger partial charge in [-0.2, -0.15) is 0 Å². The Labute approximate surface area is 99.4 Å². The second-order valence-electron chi connectivity index (χ2n) is 3.72. The molecule has 5 heteroatoms. The number of aliphatic hydroxyl groups is 1. The molecule has 0 rings (SSSR count). The van der Waals surface area contributed by atoms with E-state index in [9.17, 15) is 0 Å². The fourth-order valence-electron chi connectivity index (χ4n) is 1.84. The molecule has 0 bridgehead atoms. The molecule has 0 amide bonds. The summed E-state index contributed by atoms with van der Waals surface area (Å²) in [5, 5.41) is 22.2. The van der Waals surface area contributed by atoms with Crippen LogP contribution in [0.5, 0.6) is 0 Å². The average molecular weight is 232 g/mol. The van der Waals surface area contributed by atoms with Crippen LogP contribution in [0.1, 0.15) is 27.2 Å². The molecule has 0 aromatic carbocycles. The molecule has 98 valence electrons. The zero-order valence-corrected chi connectivity index (χ0v) is 10.9. The molecule has 16 heavy (non-hydrogen) atoms. The summed E-state index contributed by atoms with van der Waals surface area (Å²) in [5.41, 5.74) is 0. The summed E-state index contributed by atoms with van der Waals surface area (Å²) in [6, 6.07) is 0. The molecule has 0 radical (unpaired) electrons. The standard InChI is InChI=1S/C11H28N4O/c1-4-13-11(14-5-2,15-6-3)7-8-12-9-10-16/h12-16H,4-10H2,1-3H3. The molecule has 0 saturated carbocycles. The van der Waals surface area contributed by atoms with Crippen LogP contribution in [0.15, 0.2) is 0 Å². The number of rotatable bonds is 11. The van der Waals surface area contributed by atoms with Gasteiger partial charge in [-0.15, -0.1) is 0 Å². The summed E-state index contributed by atoms with van der Waals surface area (Å²) in [6.45, 7) is 10.8. The second-order valence-corrected chi connectivity index (χ2v) is 3.72. The first-order chi connectivity index (χ1) is 7.74. The number of hydrogen-bond acceptors (Lipinski definition) is 5. The maximum atomic E-state index is 8.70. The molecule has 0 aliphatic rings. The van der Waals surface area contributed by atoms with Crippen molar-refractivity contribution in [3.8, 4) is 0 Å². The highest BCUT2D eigenvalue weighted by molar-refractivity contribution is 4.82. The van der Waals surface area contributed by atoms with Crippen molar-refractivity contribution in [3.63, 3.8) is 0 Å². The van der Waals surface area contributed by atoms with E-state index in [2.05, 4.69) is 42.0 Å². The van der Waals surface area contributed by atoms with Crippen LogP contribution in [0.4, 0.5) is 0 Å². The normalized spacial score (nSPS) is 12.0. The smallest absolute Gasteiger partial charge is 0.124 e. The topological polar surface area (TPSA) is 68.3 Å². The molecule has 0 aromatic heterocycles. The Balaban J connectivity index is 4.12. The number of hydrogen-bond donors (Lipinski definition) is 5. The molecule has 0 heterocycles. The molecular weight excluding hydrogens is 204 g/mol. The van der Waals surface area contributed by atoms with E-state index >= 15 is 0 Å². The van der Waals surface area contributed by atoms with E-state index in [4.69, 9.17) is 5.11 Å². The van der Waals surface area contributed by atoms with Crippen molar-refractivity contribution >= 4 is 0 Å². The summed E-state index contributed by atoms with van der Waals surface area (Å²) < 4.78 is 0. The highest BCUT2D eigenvalue weighted by Crippen LogP contribution is 2.01. The molecule has 5 nitrogen and oxygen atoms in total. The van der Waals surface area contributed by atoms with Crippen LogP contribution < -0.4 is 21.3 Å². The zero-order chi connectivity index (χ0) is 12.3. The van der Waals surface area contributed by atoms with E-state index in [1.54, 1.807) is 0 Å². The SMILES string of the molecule is CCNC(CCNCCO)(NCC)NCC. The fraction of sp³-hybridized carbons (Fsp3) is 1.00. The molecule has 0 atom stereocenters. The van der Waals surface area contributed by atoms with Gasteiger partial charge >= 0.3 is 0 Å². The predicted molar refractivity (Wildman–Crippen MR) is 68.3 cm³/mol. The maximum Gasteiger partial charge on any atom is 0.124 e. The Morgan fingerprint density at radius 3 is 1.75 bits per heavy atom. The van der Waals surface area contributed by atoms with Crippen molar-refractivity contribution in [1.29, 1.82) is 0 Å². The first kappa shape index (κ1) is 15.8. The van der Waals surface area contributed by atoms with Gasteiger partial charge in [0.25, 0.3) is 0 Å². The van der Waals surface area contributed by atoms with Crippen molar-refractivity contribution in [3.05, 3.63) is 0 Å². The predicted octanol–water partition coefficient (Wildman–Crippen LogP) is -0.559. The van der Waals surface area contributed by atoms with Crippen molar-refractivity contribution in [2.45, 2.75) is 33.0 Å². The fourth-order valence-corrected chi connectivity index (χ4v) is 1.84. The minimum absolute atomic E-state index is 0.191.